The fourth-order valence-electron chi connectivity index (χ4n) is 1.51. The van der Waals surface area contributed by atoms with Crippen LogP contribution in [0.25, 0.3) is 0 Å². The van der Waals surface area contributed by atoms with E-state index in [-0.39, 0.29) is 25.0 Å². The molecule has 1 rings (SSSR count). The molecular weight excluding hydrogens is 224 g/mol. The smallest absolute Gasteiger partial charge is 0.407 e. The van der Waals surface area contributed by atoms with Gasteiger partial charge in [0, 0.05) is 19.1 Å². The molecule has 1 saturated heterocycles. The number of aliphatic carboxylic acids is 1. The average Bonchev–Trinajstić information content (AvgIpc) is 2.51. The van der Waals surface area contributed by atoms with Gasteiger partial charge in [0.1, 0.15) is 0 Å². The number of carbonyl (C=O) groups excluding carboxylic acids is 1. The SMILES string of the molecule is COC(=O)NC1CCN(CC(=O)O)C1.Cl. The number of carboxylic acid groups (broad SMARTS) is 1. The molecule has 1 aliphatic rings. The van der Waals surface area contributed by atoms with Gasteiger partial charge in [-0.05, 0) is 6.42 Å². The summed E-state index contributed by atoms with van der Waals surface area (Å²) < 4.78 is 4.44. The van der Waals surface area contributed by atoms with Crippen molar-refractivity contribution in [2.75, 3.05) is 26.7 Å². The lowest BCUT2D eigenvalue weighted by Gasteiger charge is -2.13. The third-order valence-electron chi connectivity index (χ3n) is 2.14. The van der Waals surface area contributed by atoms with E-state index in [1.54, 1.807) is 4.90 Å². The van der Waals surface area contributed by atoms with Gasteiger partial charge in [0.25, 0.3) is 0 Å². The van der Waals surface area contributed by atoms with Crippen molar-refractivity contribution in [2.45, 2.75) is 12.5 Å². The number of hydrogen-bond donors (Lipinski definition) is 2. The monoisotopic (exact) mass is 238 g/mol. The summed E-state index contributed by atoms with van der Waals surface area (Å²) in [5.74, 6) is -0.844. The van der Waals surface area contributed by atoms with Crippen LogP contribution >= 0.6 is 12.4 Å². The summed E-state index contributed by atoms with van der Waals surface area (Å²) in [5.41, 5.74) is 0. The molecule has 0 bridgehead atoms. The highest BCUT2D eigenvalue weighted by Gasteiger charge is 2.25. The van der Waals surface area contributed by atoms with E-state index in [9.17, 15) is 9.59 Å². The molecular formula is C8H15ClN2O4. The minimum atomic E-state index is -0.844. The average molecular weight is 239 g/mol. The summed E-state index contributed by atoms with van der Waals surface area (Å²) >= 11 is 0. The zero-order chi connectivity index (χ0) is 10.6. The Kier molecular flexibility index (Phi) is 6.03. The van der Waals surface area contributed by atoms with E-state index >= 15 is 0 Å². The van der Waals surface area contributed by atoms with Gasteiger partial charge in [-0.15, -0.1) is 12.4 Å². The van der Waals surface area contributed by atoms with Crippen molar-refractivity contribution in [1.29, 1.82) is 0 Å². The van der Waals surface area contributed by atoms with E-state index in [2.05, 4.69) is 10.1 Å². The molecule has 2 N–H and O–H groups in total. The quantitative estimate of drug-likeness (QED) is 0.719. The number of ether oxygens (including phenoxy) is 1. The fourth-order valence-corrected chi connectivity index (χ4v) is 1.51. The van der Waals surface area contributed by atoms with E-state index in [1.807, 2.05) is 0 Å². The maximum absolute atomic E-state index is 10.8. The molecule has 0 radical (unpaired) electrons. The van der Waals surface area contributed by atoms with Crippen LogP contribution in [0.4, 0.5) is 4.79 Å². The second kappa shape index (κ2) is 6.47. The number of carbonyl (C=O) groups is 2. The number of likely N-dealkylation sites (tertiary alicyclic amines) is 1. The molecule has 0 aliphatic carbocycles. The standard InChI is InChI=1S/C8H14N2O4.ClH/c1-14-8(13)9-6-2-3-10(4-6)5-7(11)12;/h6H,2-5H2,1H3,(H,9,13)(H,11,12);1H. The van der Waals surface area contributed by atoms with Crippen LogP contribution in [-0.2, 0) is 9.53 Å². The first-order chi connectivity index (χ1) is 6.61. The van der Waals surface area contributed by atoms with Gasteiger partial charge in [-0.3, -0.25) is 9.69 Å². The molecule has 1 heterocycles. The summed E-state index contributed by atoms with van der Waals surface area (Å²) in [4.78, 5) is 23.0. The number of rotatable bonds is 3. The molecule has 0 aromatic rings. The zero-order valence-electron chi connectivity index (χ0n) is 8.43. The fraction of sp³-hybridized carbons (Fsp3) is 0.750. The Bertz CT molecular complexity index is 237. The molecule has 1 amide bonds. The van der Waals surface area contributed by atoms with Gasteiger partial charge in [-0.2, -0.15) is 0 Å². The molecule has 1 fully saturated rings. The molecule has 0 saturated carbocycles. The maximum atomic E-state index is 10.8. The van der Waals surface area contributed by atoms with Crippen molar-refractivity contribution in [2.24, 2.45) is 0 Å². The van der Waals surface area contributed by atoms with Crippen molar-refractivity contribution >= 4 is 24.5 Å². The van der Waals surface area contributed by atoms with Crippen LogP contribution in [0.1, 0.15) is 6.42 Å². The number of alkyl carbamates (subject to hydrolysis) is 1. The topological polar surface area (TPSA) is 78.9 Å². The van der Waals surface area contributed by atoms with Gasteiger partial charge >= 0.3 is 12.1 Å². The van der Waals surface area contributed by atoms with Gasteiger partial charge in [0.15, 0.2) is 0 Å². The van der Waals surface area contributed by atoms with Crippen LogP contribution in [0, 0.1) is 0 Å². The lowest BCUT2D eigenvalue weighted by Crippen LogP contribution is -2.37. The van der Waals surface area contributed by atoms with Crippen molar-refractivity contribution in [3.05, 3.63) is 0 Å². The minimum absolute atomic E-state index is 0. The van der Waals surface area contributed by atoms with Crippen LogP contribution < -0.4 is 5.32 Å². The number of nitrogens with one attached hydrogen (secondary N) is 1. The van der Waals surface area contributed by atoms with Gasteiger partial charge < -0.3 is 15.2 Å². The molecule has 88 valence electrons. The largest absolute Gasteiger partial charge is 0.480 e. The van der Waals surface area contributed by atoms with Gasteiger partial charge in [0.2, 0.25) is 0 Å². The number of hydrogen-bond acceptors (Lipinski definition) is 4. The minimum Gasteiger partial charge on any atom is -0.480 e. The third kappa shape index (κ3) is 4.85. The number of amides is 1. The van der Waals surface area contributed by atoms with Crippen molar-refractivity contribution in [1.82, 2.24) is 10.2 Å². The highest BCUT2D eigenvalue weighted by atomic mass is 35.5. The molecule has 1 atom stereocenters. The van der Waals surface area contributed by atoms with E-state index in [1.165, 1.54) is 7.11 Å². The Balaban J connectivity index is 0.00000196. The molecule has 15 heavy (non-hydrogen) atoms. The van der Waals surface area contributed by atoms with E-state index in [0.29, 0.717) is 13.1 Å². The highest BCUT2D eigenvalue weighted by molar-refractivity contribution is 5.85. The van der Waals surface area contributed by atoms with Gasteiger partial charge in [-0.1, -0.05) is 0 Å². The number of methoxy groups -OCH3 is 1. The van der Waals surface area contributed by atoms with Gasteiger partial charge in [0.05, 0.1) is 13.7 Å². The Morgan fingerprint density at radius 1 is 1.60 bits per heavy atom. The molecule has 1 aliphatic heterocycles. The highest BCUT2D eigenvalue weighted by Crippen LogP contribution is 2.08. The summed E-state index contributed by atoms with van der Waals surface area (Å²) in [6.45, 7) is 1.29. The maximum Gasteiger partial charge on any atom is 0.407 e. The predicted molar refractivity (Wildman–Crippen MR) is 55.3 cm³/mol. The third-order valence-corrected chi connectivity index (χ3v) is 2.14. The van der Waals surface area contributed by atoms with Crippen molar-refractivity contribution in [3.63, 3.8) is 0 Å². The van der Waals surface area contributed by atoms with E-state index in [0.717, 1.165) is 6.42 Å². The van der Waals surface area contributed by atoms with Gasteiger partial charge in [-0.25, -0.2) is 4.79 Å². The Hall–Kier alpha value is -1.01. The summed E-state index contributed by atoms with van der Waals surface area (Å²) in [6, 6.07) is 0.00167. The predicted octanol–water partition coefficient (Wildman–Crippen LogP) is -0.0769. The first-order valence-electron chi connectivity index (χ1n) is 4.40. The molecule has 7 heteroatoms. The lowest BCUT2D eigenvalue weighted by atomic mass is 10.3. The number of carboxylic acids is 1. The Morgan fingerprint density at radius 3 is 2.80 bits per heavy atom. The molecule has 6 nitrogen and oxygen atoms in total. The van der Waals surface area contributed by atoms with Crippen LogP contribution in [0.2, 0.25) is 0 Å². The first-order valence-corrected chi connectivity index (χ1v) is 4.40. The second-order valence-corrected chi connectivity index (χ2v) is 3.25. The molecule has 1 unspecified atom stereocenters. The summed E-state index contributed by atoms with van der Waals surface area (Å²) in [6.07, 6.45) is 0.301. The summed E-state index contributed by atoms with van der Waals surface area (Å²) in [7, 11) is 1.30. The zero-order valence-corrected chi connectivity index (χ0v) is 9.25. The Morgan fingerprint density at radius 2 is 2.27 bits per heavy atom. The van der Waals surface area contributed by atoms with Crippen molar-refractivity contribution < 1.29 is 19.4 Å². The van der Waals surface area contributed by atoms with E-state index in [4.69, 9.17) is 5.11 Å². The number of halogens is 1. The normalized spacial score (nSPS) is 20.5. The van der Waals surface area contributed by atoms with Crippen LogP contribution in [0.15, 0.2) is 0 Å². The van der Waals surface area contributed by atoms with E-state index < -0.39 is 12.1 Å². The number of nitrogens with zero attached hydrogens (tertiary/aromatic N) is 1. The van der Waals surface area contributed by atoms with Crippen LogP contribution in [0.3, 0.4) is 0 Å². The lowest BCUT2D eigenvalue weighted by molar-refractivity contribution is -0.138. The molecule has 0 aromatic heterocycles. The molecule has 0 aromatic carbocycles. The first kappa shape index (κ1) is 14.0. The summed E-state index contributed by atoms with van der Waals surface area (Å²) in [5, 5.41) is 11.2. The Labute approximate surface area is 94.0 Å². The second-order valence-electron chi connectivity index (χ2n) is 3.25. The van der Waals surface area contributed by atoms with Crippen LogP contribution in [-0.4, -0.2) is 54.9 Å². The molecule has 0 spiro atoms. The van der Waals surface area contributed by atoms with Crippen LogP contribution in [0.5, 0.6) is 0 Å². The van der Waals surface area contributed by atoms with Crippen molar-refractivity contribution in [3.8, 4) is 0 Å².